The van der Waals surface area contributed by atoms with E-state index < -0.39 is 0 Å². The van der Waals surface area contributed by atoms with Crippen LogP contribution < -0.4 is 19.5 Å². The Morgan fingerprint density at radius 1 is 0.909 bits per heavy atom. The predicted octanol–water partition coefficient (Wildman–Crippen LogP) is 3.73. The summed E-state index contributed by atoms with van der Waals surface area (Å²) < 4.78 is 16.3. The summed E-state index contributed by atoms with van der Waals surface area (Å²) in [7, 11) is 4.66. The molecule has 2 aromatic carbocycles. The Bertz CT molecular complexity index is 688. The van der Waals surface area contributed by atoms with Crippen LogP contribution in [0.2, 0.25) is 0 Å². The molecule has 0 aromatic heterocycles. The molecule has 0 radical (unpaired) electrons. The van der Waals surface area contributed by atoms with E-state index in [1.165, 1.54) is 7.11 Å². The van der Waals surface area contributed by atoms with E-state index in [0.29, 0.717) is 28.5 Å². The number of ether oxygens (including phenoxy) is 3. The molecule has 0 fully saturated rings. The van der Waals surface area contributed by atoms with Crippen LogP contribution in [-0.4, -0.2) is 27.2 Å². The van der Waals surface area contributed by atoms with Gasteiger partial charge in [-0.15, -0.1) is 0 Å². The summed E-state index contributed by atoms with van der Waals surface area (Å²) in [6.45, 7) is 0. The molecule has 1 N–H and O–H groups in total. The lowest BCUT2D eigenvalue weighted by Gasteiger charge is -2.11. The smallest absolute Gasteiger partial charge is 0.255 e. The highest BCUT2D eigenvalue weighted by molar-refractivity contribution is 9.10. The zero-order valence-corrected chi connectivity index (χ0v) is 14.1. The molecule has 0 bridgehead atoms. The van der Waals surface area contributed by atoms with Crippen molar-refractivity contribution in [3.63, 3.8) is 0 Å². The van der Waals surface area contributed by atoms with E-state index in [-0.39, 0.29) is 5.91 Å². The maximum absolute atomic E-state index is 12.3. The number of amides is 1. The fourth-order valence-corrected chi connectivity index (χ4v) is 2.47. The van der Waals surface area contributed by atoms with Crippen molar-refractivity contribution in [3.8, 4) is 17.2 Å². The van der Waals surface area contributed by atoms with Gasteiger partial charge in [-0.05, 0) is 52.3 Å². The minimum Gasteiger partial charge on any atom is -0.496 e. The molecule has 0 atom stereocenters. The Kier molecular flexibility index (Phi) is 5.27. The van der Waals surface area contributed by atoms with Crippen molar-refractivity contribution in [2.75, 3.05) is 26.6 Å². The summed E-state index contributed by atoms with van der Waals surface area (Å²) in [4.78, 5) is 12.3. The SMILES string of the molecule is COc1ccc(NC(=O)c2ccc(OC)c(OC)c2)cc1Br. The van der Waals surface area contributed by atoms with E-state index in [4.69, 9.17) is 14.2 Å². The number of hydrogen-bond donors (Lipinski definition) is 1. The van der Waals surface area contributed by atoms with E-state index in [1.807, 2.05) is 0 Å². The molecule has 0 aliphatic rings. The third-order valence-electron chi connectivity index (χ3n) is 3.06. The molecule has 0 spiro atoms. The van der Waals surface area contributed by atoms with Gasteiger partial charge in [0, 0.05) is 11.3 Å². The monoisotopic (exact) mass is 365 g/mol. The molecule has 0 saturated carbocycles. The van der Waals surface area contributed by atoms with E-state index >= 15 is 0 Å². The number of rotatable bonds is 5. The average molecular weight is 366 g/mol. The van der Waals surface area contributed by atoms with Crippen LogP contribution >= 0.6 is 15.9 Å². The first-order valence-corrected chi connectivity index (χ1v) is 7.25. The number of halogens is 1. The van der Waals surface area contributed by atoms with Crippen molar-refractivity contribution in [1.82, 2.24) is 0 Å². The fraction of sp³-hybridized carbons (Fsp3) is 0.188. The number of benzene rings is 2. The van der Waals surface area contributed by atoms with Gasteiger partial charge in [-0.25, -0.2) is 0 Å². The normalized spacial score (nSPS) is 10.0. The Labute approximate surface area is 137 Å². The molecule has 0 saturated heterocycles. The number of anilines is 1. The molecular weight excluding hydrogens is 350 g/mol. The Hall–Kier alpha value is -2.21. The van der Waals surface area contributed by atoms with E-state index in [2.05, 4.69) is 21.2 Å². The summed E-state index contributed by atoms with van der Waals surface area (Å²) in [6, 6.07) is 10.3. The molecule has 6 heteroatoms. The Balaban J connectivity index is 2.20. The van der Waals surface area contributed by atoms with Crippen LogP contribution in [0.25, 0.3) is 0 Å². The van der Waals surface area contributed by atoms with Crippen molar-refractivity contribution in [2.24, 2.45) is 0 Å². The standard InChI is InChI=1S/C16H16BrNO4/c1-20-13-7-5-11(9-12(13)17)18-16(19)10-4-6-14(21-2)15(8-10)22-3/h4-9H,1-3H3,(H,18,19). The van der Waals surface area contributed by atoms with Gasteiger partial charge in [0.2, 0.25) is 0 Å². The first-order chi connectivity index (χ1) is 10.6. The van der Waals surface area contributed by atoms with Crippen LogP contribution in [0.15, 0.2) is 40.9 Å². The minimum atomic E-state index is -0.238. The van der Waals surface area contributed by atoms with Gasteiger partial charge in [0.25, 0.3) is 5.91 Å². The highest BCUT2D eigenvalue weighted by atomic mass is 79.9. The van der Waals surface area contributed by atoms with Crippen LogP contribution in [0.5, 0.6) is 17.2 Å². The quantitative estimate of drug-likeness (QED) is 0.876. The largest absolute Gasteiger partial charge is 0.496 e. The van der Waals surface area contributed by atoms with Crippen molar-refractivity contribution in [2.45, 2.75) is 0 Å². The Morgan fingerprint density at radius 3 is 2.14 bits per heavy atom. The molecule has 0 aliphatic heterocycles. The van der Waals surface area contributed by atoms with Gasteiger partial charge >= 0.3 is 0 Å². The van der Waals surface area contributed by atoms with Gasteiger partial charge in [-0.1, -0.05) is 0 Å². The van der Waals surface area contributed by atoms with Crippen molar-refractivity contribution in [1.29, 1.82) is 0 Å². The zero-order valence-electron chi connectivity index (χ0n) is 12.5. The van der Waals surface area contributed by atoms with Gasteiger partial charge in [-0.2, -0.15) is 0 Å². The maximum atomic E-state index is 12.3. The second kappa shape index (κ2) is 7.17. The average Bonchev–Trinajstić information content (AvgIpc) is 2.54. The summed E-state index contributed by atoms with van der Waals surface area (Å²) in [5.74, 6) is 1.54. The van der Waals surface area contributed by atoms with E-state index in [9.17, 15) is 4.79 Å². The molecule has 2 aromatic rings. The third-order valence-corrected chi connectivity index (χ3v) is 3.68. The molecule has 116 valence electrons. The van der Waals surface area contributed by atoms with Crippen molar-refractivity contribution < 1.29 is 19.0 Å². The van der Waals surface area contributed by atoms with Crippen molar-refractivity contribution >= 4 is 27.5 Å². The molecule has 5 nitrogen and oxygen atoms in total. The van der Waals surface area contributed by atoms with E-state index in [1.54, 1.807) is 50.6 Å². The minimum absolute atomic E-state index is 0.238. The van der Waals surface area contributed by atoms with Crippen LogP contribution in [0.3, 0.4) is 0 Å². The van der Waals surface area contributed by atoms with Gasteiger partial charge < -0.3 is 19.5 Å². The lowest BCUT2D eigenvalue weighted by molar-refractivity contribution is 0.102. The fourth-order valence-electron chi connectivity index (χ4n) is 1.92. The second-order valence-corrected chi connectivity index (χ2v) is 5.23. The van der Waals surface area contributed by atoms with Crippen LogP contribution in [0.1, 0.15) is 10.4 Å². The summed E-state index contributed by atoms with van der Waals surface area (Å²) in [6.07, 6.45) is 0. The lowest BCUT2D eigenvalue weighted by atomic mass is 10.2. The molecule has 2 rings (SSSR count). The maximum Gasteiger partial charge on any atom is 0.255 e. The topological polar surface area (TPSA) is 56.8 Å². The molecule has 1 amide bonds. The number of carbonyl (C=O) groups is 1. The van der Waals surface area contributed by atoms with E-state index in [0.717, 1.165) is 4.47 Å². The molecule has 0 aliphatic carbocycles. The molecule has 0 heterocycles. The number of methoxy groups -OCH3 is 3. The van der Waals surface area contributed by atoms with Gasteiger partial charge in [-0.3, -0.25) is 4.79 Å². The first kappa shape index (κ1) is 16.2. The highest BCUT2D eigenvalue weighted by Gasteiger charge is 2.11. The zero-order chi connectivity index (χ0) is 16.1. The molecule has 22 heavy (non-hydrogen) atoms. The summed E-state index contributed by atoms with van der Waals surface area (Å²) in [5, 5.41) is 2.82. The van der Waals surface area contributed by atoms with Crippen molar-refractivity contribution in [3.05, 3.63) is 46.4 Å². The van der Waals surface area contributed by atoms with Crippen LogP contribution in [0.4, 0.5) is 5.69 Å². The number of nitrogens with one attached hydrogen (secondary N) is 1. The number of carbonyl (C=O) groups excluding carboxylic acids is 1. The molecular formula is C16H16BrNO4. The summed E-state index contributed by atoms with van der Waals surface area (Å²) in [5.41, 5.74) is 1.14. The number of hydrogen-bond acceptors (Lipinski definition) is 4. The predicted molar refractivity (Wildman–Crippen MR) is 88.2 cm³/mol. The Morgan fingerprint density at radius 2 is 1.55 bits per heavy atom. The van der Waals surface area contributed by atoms with Crippen LogP contribution in [-0.2, 0) is 0 Å². The highest BCUT2D eigenvalue weighted by Crippen LogP contribution is 2.29. The van der Waals surface area contributed by atoms with Gasteiger partial charge in [0.05, 0.1) is 25.8 Å². The lowest BCUT2D eigenvalue weighted by Crippen LogP contribution is -2.12. The van der Waals surface area contributed by atoms with Crippen LogP contribution in [0, 0.1) is 0 Å². The van der Waals surface area contributed by atoms with Gasteiger partial charge in [0.1, 0.15) is 5.75 Å². The first-order valence-electron chi connectivity index (χ1n) is 6.46. The van der Waals surface area contributed by atoms with Gasteiger partial charge in [0.15, 0.2) is 11.5 Å². The third kappa shape index (κ3) is 3.51. The molecule has 0 unspecified atom stereocenters. The summed E-state index contributed by atoms with van der Waals surface area (Å²) >= 11 is 3.38. The second-order valence-electron chi connectivity index (χ2n) is 4.37.